The Labute approximate surface area is 74.0 Å². The van der Waals surface area contributed by atoms with Crippen molar-refractivity contribution in [3.05, 3.63) is 0 Å². The minimum atomic E-state index is -0.120. The number of piperidine rings is 1. The molecule has 1 aliphatic rings. The van der Waals surface area contributed by atoms with Crippen molar-refractivity contribution in [1.82, 2.24) is 4.90 Å². The van der Waals surface area contributed by atoms with Crippen LogP contribution in [-0.4, -0.2) is 47.5 Å². The van der Waals surface area contributed by atoms with Gasteiger partial charge in [0.05, 0.1) is 12.7 Å². The van der Waals surface area contributed by atoms with Gasteiger partial charge in [-0.3, -0.25) is 0 Å². The van der Waals surface area contributed by atoms with Gasteiger partial charge in [0.25, 0.3) is 0 Å². The third kappa shape index (κ3) is 2.44. The molecule has 0 aromatic rings. The number of hydrogen-bond acceptors (Lipinski definition) is 3. The normalized spacial score (nSPS) is 32.2. The van der Waals surface area contributed by atoms with Crippen molar-refractivity contribution in [2.45, 2.75) is 25.9 Å². The fourth-order valence-electron chi connectivity index (χ4n) is 1.84. The van der Waals surface area contributed by atoms with Gasteiger partial charge >= 0.3 is 0 Å². The van der Waals surface area contributed by atoms with E-state index in [-0.39, 0.29) is 12.7 Å². The van der Waals surface area contributed by atoms with E-state index in [4.69, 9.17) is 5.11 Å². The summed E-state index contributed by atoms with van der Waals surface area (Å²) >= 11 is 0. The van der Waals surface area contributed by atoms with Gasteiger partial charge in [-0.2, -0.15) is 0 Å². The Morgan fingerprint density at radius 1 is 1.50 bits per heavy atom. The standard InChI is InChI=1S/C9H19NO2/c1-2-8-7-10(5-6-11)4-3-9(8)12/h8-9,11-12H,2-7H2,1H3/t8-,9-/m1/s1. The summed E-state index contributed by atoms with van der Waals surface area (Å²) in [7, 11) is 0. The number of rotatable bonds is 3. The summed E-state index contributed by atoms with van der Waals surface area (Å²) in [5, 5.41) is 18.3. The highest BCUT2D eigenvalue weighted by Gasteiger charge is 2.25. The van der Waals surface area contributed by atoms with Crippen molar-refractivity contribution in [1.29, 1.82) is 0 Å². The van der Waals surface area contributed by atoms with Crippen molar-refractivity contribution in [2.75, 3.05) is 26.2 Å². The third-order valence-electron chi connectivity index (χ3n) is 2.72. The molecular weight excluding hydrogens is 154 g/mol. The van der Waals surface area contributed by atoms with Crippen LogP contribution in [0.25, 0.3) is 0 Å². The fourth-order valence-corrected chi connectivity index (χ4v) is 1.84. The molecule has 0 saturated carbocycles. The molecule has 0 aromatic heterocycles. The first-order valence-corrected chi connectivity index (χ1v) is 4.79. The maximum atomic E-state index is 9.57. The van der Waals surface area contributed by atoms with E-state index in [9.17, 15) is 5.11 Å². The molecule has 3 heteroatoms. The predicted octanol–water partition coefficient (Wildman–Crippen LogP) is 0.0715. The fraction of sp³-hybridized carbons (Fsp3) is 1.00. The van der Waals surface area contributed by atoms with Crippen molar-refractivity contribution in [3.63, 3.8) is 0 Å². The molecule has 2 N–H and O–H groups in total. The topological polar surface area (TPSA) is 43.7 Å². The number of aliphatic hydroxyl groups is 2. The van der Waals surface area contributed by atoms with Gasteiger partial charge in [0, 0.05) is 19.6 Å². The highest BCUT2D eigenvalue weighted by atomic mass is 16.3. The predicted molar refractivity (Wildman–Crippen MR) is 47.9 cm³/mol. The average Bonchev–Trinajstić information content (AvgIpc) is 2.09. The first-order valence-electron chi connectivity index (χ1n) is 4.79. The molecule has 72 valence electrons. The molecule has 3 nitrogen and oxygen atoms in total. The molecule has 0 amide bonds. The second-order valence-corrected chi connectivity index (χ2v) is 3.55. The molecule has 12 heavy (non-hydrogen) atoms. The van der Waals surface area contributed by atoms with Crippen LogP contribution in [0.3, 0.4) is 0 Å². The lowest BCUT2D eigenvalue weighted by molar-refractivity contribution is 0.0196. The van der Waals surface area contributed by atoms with Crippen LogP contribution in [0.1, 0.15) is 19.8 Å². The zero-order chi connectivity index (χ0) is 8.97. The minimum absolute atomic E-state index is 0.120. The maximum absolute atomic E-state index is 9.57. The number of β-amino-alcohol motifs (C(OH)–C–C–N with tert-alkyl or cyclic N) is 1. The van der Waals surface area contributed by atoms with E-state index in [0.717, 1.165) is 32.5 Å². The van der Waals surface area contributed by atoms with E-state index in [1.807, 2.05) is 0 Å². The molecule has 1 fully saturated rings. The summed E-state index contributed by atoms with van der Waals surface area (Å²) in [6.45, 7) is 4.96. The Balaban J connectivity index is 2.33. The van der Waals surface area contributed by atoms with Crippen LogP contribution < -0.4 is 0 Å². The molecule has 0 bridgehead atoms. The summed E-state index contributed by atoms with van der Waals surface area (Å²) in [4.78, 5) is 2.22. The Morgan fingerprint density at radius 3 is 2.83 bits per heavy atom. The van der Waals surface area contributed by atoms with Gasteiger partial charge in [0.1, 0.15) is 0 Å². The van der Waals surface area contributed by atoms with Gasteiger partial charge in [0.15, 0.2) is 0 Å². The van der Waals surface area contributed by atoms with E-state index in [1.165, 1.54) is 0 Å². The van der Waals surface area contributed by atoms with Crippen molar-refractivity contribution in [2.24, 2.45) is 5.92 Å². The molecule has 1 heterocycles. The van der Waals surface area contributed by atoms with Gasteiger partial charge in [-0.05, 0) is 18.8 Å². The number of hydrogen-bond donors (Lipinski definition) is 2. The molecular formula is C9H19NO2. The summed E-state index contributed by atoms with van der Waals surface area (Å²) in [5.41, 5.74) is 0. The summed E-state index contributed by atoms with van der Waals surface area (Å²) < 4.78 is 0. The summed E-state index contributed by atoms with van der Waals surface area (Å²) in [6, 6.07) is 0. The number of nitrogens with zero attached hydrogens (tertiary/aromatic N) is 1. The monoisotopic (exact) mass is 173 g/mol. The largest absolute Gasteiger partial charge is 0.395 e. The molecule has 0 unspecified atom stereocenters. The maximum Gasteiger partial charge on any atom is 0.0592 e. The van der Waals surface area contributed by atoms with Crippen LogP contribution in [0.15, 0.2) is 0 Å². The highest BCUT2D eigenvalue weighted by molar-refractivity contribution is 4.78. The minimum Gasteiger partial charge on any atom is -0.395 e. The Bertz CT molecular complexity index is 130. The molecule has 1 rings (SSSR count). The second kappa shape index (κ2) is 4.80. The van der Waals surface area contributed by atoms with Gasteiger partial charge in [-0.1, -0.05) is 6.92 Å². The van der Waals surface area contributed by atoms with Crippen LogP contribution in [0, 0.1) is 5.92 Å². The average molecular weight is 173 g/mol. The Hall–Kier alpha value is -0.120. The molecule has 0 spiro atoms. The van der Waals surface area contributed by atoms with Crippen LogP contribution in [0.5, 0.6) is 0 Å². The van der Waals surface area contributed by atoms with E-state index in [1.54, 1.807) is 0 Å². The van der Waals surface area contributed by atoms with Gasteiger partial charge in [-0.25, -0.2) is 0 Å². The zero-order valence-electron chi connectivity index (χ0n) is 7.74. The Morgan fingerprint density at radius 2 is 2.25 bits per heavy atom. The van der Waals surface area contributed by atoms with E-state index >= 15 is 0 Å². The zero-order valence-corrected chi connectivity index (χ0v) is 7.74. The first-order chi connectivity index (χ1) is 5.77. The second-order valence-electron chi connectivity index (χ2n) is 3.55. The van der Waals surface area contributed by atoms with Crippen LogP contribution in [-0.2, 0) is 0 Å². The SMILES string of the molecule is CC[C@@H]1CN(CCO)CC[C@H]1O. The molecule has 1 saturated heterocycles. The smallest absolute Gasteiger partial charge is 0.0592 e. The molecule has 2 atom stereocenters. The third-order valence-corrected chi connectivity index (χ3v) is 2.72. The molecule has 0 radical (unpaired) electrons. The van der Waals surface area contributed by atoms with Crippen LogP contribution in [0.4, 0.5) is 0 Å². The molecule has 1 aliphatic heterocycles. The summed E-state index contributed by atoms with van der Waals surface area (Å²) in [5.74, 6) is 0.408. The van der Waals surface area contributed by atoms with E-state index in [0.29, 0.717) is 5.92 Å². The number of likely N-dealkylation sites (tertiary alicyclic amines) is 1. The van der Waals surface area contributed by atoms with Gasteiger partial charge in [-0.15, -0.1) is 0 Å². The van der Waals surface area contributed by atoms with Crippen molar-refractivity contribution in [3.8, 4) is 0 Å². The molecule has 0 aromatic carbocycles. The van der Waals surface area contributed by atoms with Gasteiger partial charge < -0.3 is 15.1 Å². The van der Waals surface area contributed by atoms with E-state index in [2.05, 4.69) is 11.8 Å². The van der Waals surface area contributed by atoms with Crippen LogP contribution in [0.2, 0.25) is 0 Å². The first kappa shape index (κ1) is 9.96. The van der Waals surface area contributed by atoms with Crippen molar-refractivity contribution < 1.29 is 10.2 Å². The van der Waals surface area contributed by atoms with Crippen molar-refractivity contribution >= 4 is 0 Å². The highest BCUT2D eigenvalue weighted by Crippen LogP contribution is 2.19. The lowest BCUT2D eigenvalue weighted by Gasteiger charge is -2.35. The lowest BCUT2D eigenvalue weighted by atomic mass is 9.92. The Kier molecular flexibility index (Phi) is 3.98. The van der Waals surface area contributed by atoms with Crippen LogP contribution >= 0.6 is 0 Å². The summed E-state index contributed by atoms with van der Waals surface area (Å²) in [6.07, 6.45) is 1.77. The van der Waals surface area contributed by atoms with E-state index < -0.39 is 0 Å². The van der Waals surface area contributed by atoms with Gasteiger partial charge in [0.2, 0.25) is 0 Å². The molecule has 0 aliphatic carbocycles. The number of aliphatic hydroxyl groups excluding tert-OH is 2. The lowest BCUT2D eigenvalue weighted by Crippen LogP contribution is -2.43. The quantitative estimate of drug-likeness (QED) is 0.635.